The van der Waals surface area contributed by atoms with E-state index in [4.69, 9.17) is 27.7 Å². The average Bonchev–Trinajstić information content (AvgIpc) is 3.46. The van der Waals surface area contributed by atoms with Crippen molar-refractivity contribution in [2.24, 2.45) is 0 Å². The van der Waals surface area contributed by atoms with Crippen LogP contribution in [0.1, 0.15) is 23.3 Å². The van der Waals surface area contributed by atoms with Gasteiger partial charge in [-0.25, -0.2) is 0 Å². The number of rotatable bonds is 1. The highest BCUT2D eigenvalue weighted by Gasteiger charge is 2.19. The molecule has 7 rings (SSSR count). The second-order valence-corrected chi connectivity index (χ2v) is 7.74. The zero-order valence-electron chi connectivity index (χ0n) is 32.8. The summed E-state index contributed by atoms with van der Waals surface area (Å²) >= 11 is 3.32. The maximum Gasteiger partial charge on any atom is 0.143 e. The Morgan fingerprint density at radius 3 is 1.91 bits per heavy atom. The molecule has 1 aromatic heterocycles. The van der Waals surface area contributed by atoms with Crippen LogP contribution in [-0.2, 0) is 0 Å². The molecule has 32 heavy (non-hydrogen) atoms. The van der Waals surface area contributed by atoms with Crippen LogP contribution >= 0.6 is 15.9 Å². The van der Waals surface area contributed by atoms with E-state index in [1.54, 1.807) is 0 Å². The molecule has 150 valence electrons. The van der Waals surface area contributed by atoms with Gasteiger partial charge in [0.15, 0.2) is 0 Å². The minimum atomic E-state index is -0.753. The standard InChI is InChI=1S/C30H17BrO/c31-29-22-12-5-3-10-20(22)27(21-11-4-6-13-23(21)29)24-14-7-15-26-28(24)25-17-16-18-8-1-2-9-19(18)30(25)32-26/h1-17H/i1D,2D,3D,4D,5D,6D,7D,8D,9D,10D,11D,12D,13D,14D,15D,16D,17D. The zero-order valence-corrected chi connectivity index (χ0v) is 17.4. The highest BCUT2D eigenvalue weighted by molar-refractivity contribution is 9.10. The fourth-order valence-electron chi connectivity index (χ4n) is 3.98. The first-order valence-electron chi connectivity index (χ1n) is 17.8. The van der Waals surface area contributed by atoms with Gasteiger partial charge in [0.25, 0.3) is 0 Å². The minimum Gasteiger partial charge on any atom is -0.455 e. The van der Waals surface area contributed by atoms with Gasteiger partial charge in [-0.05, 0) is 66.1 Å². The smallest absolute Gasteiger partial charge is 0.143 e. The normalized spacial score (nSPS) is 19.3. The molecule has 2 heteroatoms. The summed E-state index contributed by atoms with van der Waals surface area (Å²) in [4.78, 5) is 0. The second kappa shape index (κ2) is 6.69. The Morgan fingerprint density at radius 1 is 0.562 bits per heavy atom. The van der Waals surface area contributed by atoms with Gasteiger partial charge in [-0.1, -0.05) is 90.6 Å². The largest absolute Gasteiger partial charge is 0.455 e. The number of benzene rings is 6. The van der Waals surface area contributed by atoms with Gasteiger partial charge in [0.1, 0.15) is 11.2 Å². The zero-order chi connectivity index (χ0) is 36.0. The third-order valence-corrected chi connectivity index (χ3v) is 6.11. The maximum absolute atomic E-state index is 9.16. The number of furan rings is 1. The molecule has 0 aliphatic carbocycles. The molecule has 0 fully saturated rings. The lowest BCUT2D eigenvalue weighted by Crippen LogP contribution is -1.88. The third-order valence-electron chi connectivity index (χ3n) is 5.31. The summed E-state index contributed by atoms with van der Waals surface area (Å²) in [6, 6.07) is -11.3. The van der Waals surface area contributed by atoms with Crippen LogP contribution in [0.3, 0.4) is 0 Å². The van der Waals surface area contributed by atoms with Crippen molar-refractivity contribution in [1.29, 1.82) is 0 Å². The highest BCUT2D eigenvalue weighted by Crippen LogP contribution is 2.46. The van der Waals surface area contributed by atoms with E-state index in [0.29, 0.717) is 0 Å². The van der Waals surface area contributed by atoms with Crippen LogP contribution in [0.2, 0.25) is 0 Å². The van der Waals surface area contributed by atoms with E-state index >= 15 is 0 Å². The molecular weight excluding hydrogens is 456 g/mol. The van der Waals surface area contributed by atoms with Gasteiger partial charge in [0.05, 0.1) is 23.3 Å². The second-order valence-electron chi connectivity index (χ2n) is 6.95. The van der Waals surface area contributed by atoms with Crippen LogP contribution in [0.15, 0.2) is 112 Å². The molecule has 0 spiro atoms. The summed E-state index contributed by atoms with van der Waals surface area (Å²) in [5.74, 6) is 0. The van der Waals surface area contributed by atoms with Gasteiger partial charge < -0.3 is 4.42 Å². The fraction of sp³-hybridized carbons (Fsp3) is 0. The first-order valence-corrected chi connectivity index (χ1v) is 10.1. The molecule has 0 saturated carbocycles. The van der Waals surface area contributed by atoms with E-state index in [0.717, 1.165) is 0 Å². The number of hydrogen-bond acceptors (Lipinski definition) is 1. The van der Waals surface area contributed by atoms with Gasteiger partial charge in [-0.15, -0.1) is 0 Å². The molecule has 0 N–H and O–H groups in total. The van der Waals surface area contributed by atoms with Crippen molar-refractivity contribution >= 4 is 70.2 Å². The molecule has 0 aliphatic rings. The van der Waals surface area contributed by atoms with Crippen molar-refractivity contribution in [1.82, 2.24) is 0 Å². The average molecular weight is 490 g/mol. The third kappa shape index (κ3) is 2.39. The van der Waals surface area contributed by atoms with Crippen molar-refractivity contribution in [2.45, 2.75) is 0 Å². The van der Waals surface area contributed by atoms with Crippen LogP contribution in [0.25, 0.3) is 65.4 Å². The molecule has 0 saturated heterocycles. The summed E-state index contributed by atoms with van der Waals surface area (Å²) < 4.78 is 153. The molecule has 0 radical (unpaired) electrons. The Kier molecular flexibility index (Phi) is 1.68. The van der Waals surface area contributed by atoms with Crippen LogP contribution in [0, 0.1) is 0 Å². The van der Waals surface area contributed by atoms with Gasteiger partial charge in [-0.3, -0.25) is 0 Å². The molecule has 0 amide bonds. The topological polar surface area (TPSA) is 13.1 Å². The van der Waals surface area contributed by atoms with Crippen LogP contribution in [0.5, 0.6) is 0 Å². The molecule has 1 nitrogen and oxygen atoms in total. The molecule has 0 unspecified atom stereocenters. The summed E-state index contributed by atoms with van der Waals surface area (Å²) in [5.41, 5.74) is -1.57. The molecule has 1 heterocycles. The lowest BCUT2D eigenvalue weighted by Gasteiger charge is -2.15. The lowest BCUT2D eigenvalue weighted by molar-refractivity contribution is 0.673. The van der Waals surface area contributed by atoms with Crippen LogP contribution in [0.4, 0.5) is 0 Å². The van der Waals surface area contributed by atoms with Crippen molar-refractivity contribution < 1.29 is 27.7 Å². The SMILES string of the molecule is [2H]c1c([2H])c(-c2c3c([2H])c([2H])c([2H])c([2H])c3c(Br)c3c([2H])c([2H])c([2H])c([2H])c23)c2c(oc3c4c([2H])c([2H])c([2H])c([2H])c4c([2H])c([2H])c32)c1[2H]. The van der Waals surface area contributed by atoms with E-state index in [9.17, 15) is 0 Å². The maximum atomic E-state index is 9.16. The van der Waals surface area contributed by atoms with Crippen LogP contribution < -0.4 is 0 Å². The van der Waals surface area contributed by atoms with Crippen LogP contribution in [-0.4, -0.2) is 0 Å². The van der Waals surface area contributed by atoms with E-state index in [1.807, 2.05) is 0 Å². The Bertz CT molecular complexity index is 2670. The van der Waals surface area contributed by atoms with Gasteiger partial charge >= 0.3 is 0 Å². The molecule has 7 aromatic rings. The van der Waals surface area contributed by atoms with Crippen molar-refractivity contribution in [2.75, 3.05) is 0 Å². The Balaban J connectivity index is 1.93. The van der Waals surface area contributed by atoms with E-state index in [-0.39, 0.29) is 58.7 Å². The molecular formula is C30H17BrO. The van der Waals surface area contributed by atoms with E-state index in [2.05, 4.69) is 15.9 Å². The summed E-state index contributed by atoms with van der Waals surface area (Å²) in [6.07, 6.45) is 0. The molecule has 0 aliphatic heterocycles. The predicted molar refractivity (Wildman–Crippen MR) is 139 cm³/mol. The molecule has 0 atom stereocenters. The van der Waals surface area contributed by atoms with Gasteiger partial charge in [0, 0.05) is 20.6 Å². The Labute approximate surface area is 216 Å². The van der Waals surface area contributed by atoms with Crippen molar-refractivity contribution in [3.05, 3.63) is 107 Å². The monoisotopic (exact) mass is 489 g/mol. The lowest BCUT2D eigenvalue weighted by atomic mass is 9.89. The minimum absolute atomic E-state index is 0.0973. The number of fused-ring (bicyclic) bond motifs is 7. The fourth-order valence-corrected chi connectivity index (χ4v) is 4.58. The van der Waals surface area contributed by atoms with Gasteiger partial charge in [0.2, 0.25) is 0 Å². The molecule has 6 aromatic carbocycles. The highest BCUT2D eigenvalue weighted by atomic mass is 79.9. The summed E-state index contributed by atoms with van der Waals surface area (Å²) in [5, 5.41) is -2.31. The first-order chi connectivity index (χ1) is 22.9. The Hall–Kier alpha value is -3.62. The van der Waals surface area contributed by atoms with Crippen molar-refractivity contribution in [3.8, 4) is 11.1 Å². The van der Waals surface area contributed by atoms with E-state index in [1.165, 1.54) is 0 Å². The van der Waals surface area contributed by atoms with Crippen molar-refractivity contribution in [3.63, 3.8) is 0 Å². The quantitative estimate of drug-likeness (QED) is 0.209. The number of hydrogen-bond donors (Lipinski definition) is 0. The Morgan fingerprint density at radius 2 is 1.19 bits per heavy atom. The number of halogens is 1. The van der Waals surface area contributed by atoms with Gasteiger partial charge in [-0.2, -0.15) is 0 Å². The predicted octanol–water partition coefficient (Wildman–Crippen LogP) is 9.48. The summed E-state index contributed by atoms with van der Waals surface area (Å²) in [6.45, 7) is 0. The van der Waals surface area contributed by atoms with E-state index < -0.39 is 114 Å². The first kappa shape index (κ1) is 8.06. The summed E-state index contributed by atoms with van der Waals surface area (Å²) in [7, 11) is 0. The molecule has 0 bridgehead atoms.